The van der Waals surface area contributed by atoms with Crippen molar-refractivity contribution < 1.29 is 0 Å². The molecule has 0 amide bonds. The molecule has 0 spiro atoms. The first-order valence-corrected chi connectivity index (χ1v) is 8.54. The highest BCUT2D eigenvalue weighted by Gasteiger charge is 2.26. The zero-order chi connectivity index (χ0) is 14.1. The Morgan fingerprint density at radius 3 is 2.90 bits per heavy atom. The Kier molecular flexibility index (Phi) is 4.21. The van der Waals surface area contributed by atoms with Crippen LogP contribution in [-0.2, 0) is 6.54 Å². The molecule has 1 saturated heterocycles. The molecular formula is C12H16ClN5S2. The fraction of sp³-hybridized carbons (Fsp3) is 0.583. The number of anilines is 1. The maximum absolute atomic E-state index is 6.07. The summed E-state index contributed by atoms with van der Waals surface area (Å²) in [6, 6.07) is 0.444. The van der Waals surface area contributed by atoms with Gasteiger partial charge in [0.2, 0.25) is 0 Å². The molecule has 3 heterocycles. The molecule has 1 atom stereocenters. The summed E-state index contributed by atoms with van der Waals surface area (Å²) >= 11 is 9.05. The van der Waals surface area contributed by atoms with Gasteiger partial charge in [-0.05, 0) is 13.8 Å². The second-order valence-corrected chi connectivity index (χ2v) is 7.24. The molecule has 1 aliphatic heterocycles. The number of halogens is 1. The Morgan fingerprint density at radius 1 is 1.45 bits per heavy atom. The van der Waals surface area contributed by atoms with Gasteiger partial charge >= 0.3 is 0 Å². The second kappa shape index (κ2) is 5.93. The van der Waals surface area contributed by atoms with Crippen molar-refractivity contribution in [2.75, 3.05) is 24.5 Å². The molecule has 0 aliphatic carbocycles. The normalized spacial score (nSPS) is 20.6. The molecule has 1 aliphatic rings. The van der Waals surface area contributed by atoms with Crippen LogP contribution in [0, 0.1) is 6.92 Å². The standard InChI is InChI=1S/C12H16ClN5S2/c1-8-7-19-12(14-8)18-4-3-17(5-9(18)2)6-10-11(13)20-16-15-10/h7,9H,3-6H2,1-2H3/t9-/m1/s1. The highest BCUT2D eigenvalue weighted by Crippen LogP contribution is 2.26. The van der Waals surface area contributed by atoms with Crippen molar-refractivity contribution in [1.82, 2.24) is 19.5 Å². The number of nitrogens with zero attached hydrogens (tertiary/aromatic N) is 5. The van der Waals surface area contributed by atoms with E-state index in [9.17, 15) is 0 Å². The lowest BCUT2D eigenvalue weighted by Crippen LogP contribution is -2.51. The first-order chi connectivity index (χ1) is 9.63. The molecule has 0 bridgehead atoms. The molecule has 0 saturated carbocycles. The number of hydrogen-bond donors (Lipinski definition) is 0. The van der Waals surface area contributed by atoms with Crippen LogP contribution in [0.4, 0.5) is 5.13 Å². The Bertz CT molecular complexity index is 584. The van der Waals surface area contributed by atoms with Crippen LogP contribution in [0.25, 0.3) is 0 Å². The van der Waals surface area contributed by atoms with E-state index in [0.29, 0.717) is 10.4 Å². The topological polar surface area (TPSA) is 45.2 Å². The van der Waals surface area contributed by atoms with Gasteiger partial charge in [0.05, 0.1) is 5.69 Å². The van der Waals surface area contributed by atoms with E-state index in [0.717, 1.165) is 42.7 Å². The minimum Gasteiger partial charge on any atom is -0.343 e. The lowest BCUT2D eigenvalue weighted by molar-refractivity contribution is 0.218. The number of hydrogen-bond acceptors (Lipinski definition) is 7. The van der Waals surface area contributed by atoms with E-state index in [4.69, 9.17) is 11.6 Å². The highest BCUT2D eigenvalue weighted by molar-refractivity contribution is 7.13. The van der Waals surface area contributed by atoms with Crippen LogP contribution in [0.3, 0.4) is 0 Å². The molecule has 0 unspecified atom stereocenters. The largest absolute Gasteiger partial charge is 0.343 e. The maximum Gasteiger partial charge on any atom is 0.185 e. The maximum atomic E-state index is 6.07. The van der Waals surface area contributed by atoms with Crippen LogP contribution in [0.2, 0.25) is 4.34 Å². The number of rotatable bonds is 3. The summed E-state index contributed by atoms with van der Waals surface area (Å²) in [6.45, 7) is 8.04. The van der Waals surface area contributed by atoms with E-state index in [1.807, 2.05) is 6.92 Å². The summed E-state index contributed by atoms with van der Waals surface area (Å²) in [5.41, 5.74) is 1.99. The minimum absolute atomic E-state index is 0.444. The zero-order valence-corrected chi connectivity index (χ0v) is 13.8. The van der Waals surface area contributed by atoms with E-state index >= 15 is 0 Å². The van der Waals surface area contributed by atoms with Gasteiger partial charge in [-0.25, -0.2) is 4.98 Å². The van der Waals surface area contributed by atoms with Gasteiger partial charge < -0.3 is 4.90 Å². The van der Waals surface area contributed by atoms with Gasteiger partial charge in [-0.2, -0.15) is 0 Å². The Labute approximate surface area is 131 Å². The fourth-order valence-corrected chi connectivity index (χ4v) is 3.98. The Morgan fingerprint density at radius 2 is 2.30 bits per heavy atom. The van der Waals surface area contributed by atoms with Crippen molar-refractivity contribution in [1.29, 1.82) is 0 Å². The molecule has 1 fully saturated rings. The third-order valence-corrected chi connectivity index (χ3v) is 5.43. The van der Waals surface area contributed by atoms with E-state index in [2.05, 4.69) is 36.7 Å². The molecule has 2 aromatic rings. The first-order valence-electron chi connectivity index (χ1n) is 6.51. The van der Waals surface area contributed by atoms with E-state index in [1.54, 1.807) is 11.3 Å². The summed E-state index contributed by atoms with van der Waals surface area (Å²) < 4.78 is 4.59. The molecule has 0 aromatic carbocycles. The predicted octanol–water partition coefficient (Wildman–Crippen LogP) is 2.67. The van der Waals surface area contributed by atoms with Crippen LogP contribution in [0.15, 0.2) is 5.38 Å². The summed E-state index contributed by atoms with van der Waals surface area (Å²) in [5, 5.41) is 7.32. The van der Waals surface area contributed by atoms with Crippen LogP contribution >= 0.6 is 34.5 Å². The Hall–Kier alpha value is -0.760. The quantitative estimate of drug-likeness (QED) is 0.866. The van der Waals surface area contributed by atoms with E-state index in [1.165, 1.54) is 11.5 Å². The number of aromatic nitrogens is 3. The van der Waals surface area contributed by atoms with Gasteiger partial charge in [0.15, 0.2) is 5.13 Å². The third-order valence-electron chi connectivity index (χ3n) is 3.45. The van der Waals surface area contributed by atoms with Crippen LogP contribution in [0.1, 0.15) is 18.3 Å². The van der Waals surface area contributed by atoms with Gasteiger partial charge in [-0.3, -0.25) is 4.90 Å². The molecular weight excluding hydrogens is 314 g/mol. The summed E-state index contributed by atoms with van der Waals surface area (Å²) in [7, 11) is 0. The van der Waals surface area contributed by atoms with Crippen molar-refractivity contribution >= 4 is 39.6 Å². The molecule has 0 radical (unpaired) electrons. The van der Waals surface area contributed by atoms with Crippen LogP contribution in [0.5, 0.6) is 0 Å². The van der Waals surface area contributed by atoms with Crippen LogP contribution in [-0.4, -0.2) is 45.1 Å². The molecule has 108 valence electrons. The average Bonchev–Trinajstić information content (AvgIpc) is 3.00. The van der Waals surface area contributed by atoms with Crippen molar-refractivity contribution in [3.05, 3.63) is 21.1 Å². The van der Waals surface area contributed by atoms with Crippen molar-refractivity contribution in [3.63, 3.8) is 0 Å². The summed E-state index contributed by atoms with van der Waals surface area (Å²) in [6.07, 6.45) is 0. The van der Waals surface area contributed by atoms with Gasteiger partial charge in [-0.1, -0.05) is 16.1 Å². The van der Waals surface area contributed by atoms with Crippen LogP contribution < -0.4 is 4.90 Å². The van der Waals surface area contributed by atoms with Gasteiger partial charge in [-0.15, -0.1) is 16.4 Å². The molecule has 3 rings (SSSR count). The molecule has 20 heavy (non-hydrogen) atoms. The molecule has 0 N–H and O–H groups in total. The minimum atomic E-state index is 0.444. The smallest absolute Gasteiger partial charge is 0.185 e. The third kappa shape index (κ3) is 2.95. The number of thiazole rings is 1. The number of piperazine rings is 1. The lowest BCUT2D eigenvalue weighted by atomic mass is 10.2. The van der Waals surface area contributed by atoms with E-state index < -0.39 is 0 Å². The lowest BCUT2D eigenvalue weighted by Gasteiger charge is -2.39. The average molecular weight is 330 g/mol. The first kappa shape index (κ1) is 14.2. The van der Waals surface area contributed by atoms with Crippen molar-refractivity contribution in [2.24, 2.45) is 0 Å². The van der Waals surface area contributed by atoms with Gasteiger partial charge in [0.25, 0.3) is 0 Å². The van der Waals surface area contributed by atoms with Crippen molar-refractivity contribution in [3.8, 4) is 0 Å². The molecule has 8 heteroatoms. The SMILES string of the molecule is Cc1csc(N2CCN(Cc3nnsc3Cl)C[C@H]2C)n1. The fourth-order valence-electron chi connectivity index (χ4n) is 2.44. The number of aryl methyl sites for hydroxylation is 1. The zero-order valence-electron chi connectivity index (χ0n) is 11.4. The van der Waals surface area contributed by atoms with Crippen molar-refractivity contribution in [2.45, 2.75) is 26.4 Å². The summed E-state index contributed by atoms with van der Waals surface area (Å²) in [4.78, 5) is 9.35. The molecule has 5 nitrogen and oxygen atoms in total. The second-order valence-electron chi connectivity index (χ2n) is 5.04. The molecule has 2 aromatic heterocycles. The summed E-state index contributed by atoms with van der Waals surface area (Å²) in [5.74, 6) is 0. The Balaban J connectivity index is 1.63. The van der Waals surface area contributed by atoms with E-state index in [-0.39, 0.29) is 0 Å². The highest BCUT2D eigenvalue weighted by atomic mass is 35.5. The monoisotopic (exact) mass is 329 g/mol. The van der Waals surface area contributed by atoms with Gasteiger partial charge in [0.1, 0.15) is 10.0 Å². The predicted molar refractivity (Wildman–Crippen MR) is 83.9 cm³/mol. The van der Waals surface area contributed by atoms with Gasteiger partial charge in [0, 0.05) is 49.1 Å².